The maximum absolute atomic E-state index is 10.0. The number of hydrogen-bond acceptors (Lipinski definition) is 4. The zero-order valence-electron chi connectivity index (χ0n) is 16.8. The number of phenolic OH excluding ortho intramolecular Hbond substituents is 1. The molecular weight excluding hydrogens is 455 g/mol. The van der Waals surface area contributed by atoms with E-state index >= 15 is 0 Å². The van der Waals surface area contributed by atoms with Crippen LogP contribution in [0.3, 0.4) is 0 Å². The Bertz CT molecular complexity index is 575. The van der Waals surface area contributed by atoms with E-state index in [1.54, 1.807) is 20.2 Å². The van der Waals surface area contributed by atoms with E-state index in [1.807, 2.05) is 12.1 Å². The number of nitrogens with zero attached hydrogens (tertiary/aromatic N) is 2. The molecule has 0 unspecified atom stereocenters. The van der Waals surface area contributed by atoms with Crippen molar-refractivity contribution in [1.82, 2.24) is 15.5 Å². The normalized spacial score (nSPS) is 15.9. The Labute approximate surface area is 180 Å². The van der Waals surface area contributed by atoms with Gasteiger partial charge >= 0.3 is 0 Å². The fourth-order valence-corrected chi connectivity index (χ4v) is 3.21. The van der Waals surface area contributed by atoms with Gasteiger partial charge in [0.2, 0.25) is 0 Å². The zero-order valence-corrected chi connectivity index (χ0v) is 19.2. The monoisotopic (exact) mass is 490 g/mol. The van der Waals surface area contributed by atoms with Crippen molar-refractivity contribution in [1.29, 1.82) is 0 Å². The molecule has 0 aromatic heterocycles. The maximum Gasteiger partial charge on any atom is 0.190 e. The van der Waals surface area contributed by atoms with E-state index in [1.165, 1.54) is 25.9 Å². The highest BCUT2D eigenvalue weighted by atomic mass is 127. The summed E-state index contributed by atoms with van der Waals surface area (Å²) >= 11 is 0. The zero-order chi connectivity index (χ0) is 18.8. The number of aromatic hydroxyl groups is 1. The van der Waals surface area contributed by atoms with Crippen molar-refractivity contribution >= 4 is 29.9 Å². The lowest BCUT2D eigenvalue weighted by molar-refractivity contribution is 0.191. The van der Waals surface area contributed by atoms with E-state index in [9.17, 15) is 5.11 Å². The molecule has 0 bridgehead atoms. The molecule has 0 aliphatic carbocycles. The second-order valence-electron chi connectivity index (χ2n) is 7.05. The van der Waals surface area contributed by atoms with Crippen molar-refractivity contribution in [3.8, 4) is 11.5 Å². The third-order valence-corrected chi connectivity index (χ3v) is 5.02. The highest BCUT2D eigenvalue weighted by molar-refractivity contribution is 14.0. The molecule has 1 aliphatic rings. The van der Waals surface area contributed by atoms with Gasteiger partial charge in [-0.15, -0.1) is 24.0 Å². The van der Waals surface area contributed by atoms with Crippen LogP contribution in [0.2, 0.25) is 0 Å². The second kappa shape index (κ2) is 13.0. The van der Waals surface area contributed by atoms with Crippen LogP contribution in [0.5, 0.6) is 11.5 Å². The van der Waals surface area contributed by atoms with Gasteiger partial charge in [-0.2, -0.15) is 0 Å². The van der Waals surface area contributed by atoms with Crippen molar-refractivity contribution in [2.45, 2.75) is 32.6 Å². The van der Waals surface area contributed by atoms with E-state index in [2.05, 4.69) is 27.4 Å². The molecule has 7 heteroatoms. The summed E-state index contributed by atoms with van der Waals surface area (Å²) in [6, 6.07) is 5.40. The number of piperidine rings is 1. The first-order chi connectivity index (χ1) is 12.6. The third kappa shape index (κ3) is 8.55. The molecule has 1 saturated heterocycles. The fourth-order valence-electron chi connectivity index (χ4n) is 3.21. The van der Waals surface area contributed by atoms with Crippen LogP contribution in [-0.2, 0) is 6.42 Å². The number of likely N-dealkylation sites (tertiary alicyclic amines) is 1. The van der Waals surface area contributed by atoms with Crippen molar-refractivity contribution in [2.24, 2.45) is 10.9 Å². The molecular formula is C20H35IN4O2. The lowest BCUT2D eigenvalue weighted by Crippen LogP contribution is -2.40. The Kier molecular flexibility index (Phi) is 11.5. The van der Waals surface area contributed by atoms with Gasteiger partial charge in [0.05, 0.1) is 7.11 Å². The van der Waals surface area contributed by atoms with Crippen molar-refractivity contribution in [2.75, 3.05) is 46.9 Å². The van der Waals surface area contributed by atoms with Crippen molar-refractivity contribution in [3.05, 3.63) is 23.8 Å². The fraction of sp³-hybridized carbons (Fsp3) is 0.650. The molecule has 0 atom stereocenters. The van der Waals surface area contributed by atoms with E-state index in [0.29, 0.717) is 12.3 Å². The number of methoxy groups -OCH3 is 1. The average Bonchev–Trinajstić information content (AvgIpc) is 2.66. The number of rotatable bonds is 8. The second-order valence-corrected chi connectivity index (χ2v) is 7.05. The highest BCUT2D eigenvalue weighted by Crippen LogP contribution is 2.23. The molecule has 0 amide bonds. The van der Waals surface area contributed by atoms with Crippen LogP contribution in [0.15, 0.2) is 23.2 Å². The van der Waals surface area contributed by atoms with Gasteiger partial charge in [0.1, 0.15) is 11.5 Å². The van der Waals surface area contributed by atoms with Gasteiger partial charge in [0, 0.05) is 26.2 Å². The summed E-state index contributed by atoms with van der Waals surface area (Å²) in [5, 5.41) is 16.7. The first kappa shape index (κ1) is 23.8. The van der Waals surface area contributed by atoms with Crippen LogP contribution < -0.4 is 15.4 Å². The number of halogens is 1. The lowest BCUT2D eigenvalue weighted by Gasteiger charge is -2.30. The summed E-state index contributed by atoms with van der Waals surface area (Å²) in [7, 11) is 3.38. The molecule has 1 fully saturated rings. The maximum atomic E-state index is 10.0. The summed E-state index contributed by atoms with van der Waals surface area (Å²) in [4.78, 5) is 6.82. The van der Waals surface area contributed by atoms with Crippen LogP contribution in [0.25, 0.3) is 0 Å². The summed E-state index contributed by atoms with van der Waals surface area (Å²) < 4.78 is 5.11. The highest BCUT2D eigenvalue weighted by Gasteiger charge is 2.14. The molecule has 0 spiro atoms. The van der Waals surface area contributed by atoms with Gasteiger partial charge in [-0.05, 0) is 62.9 Å². The number of ether oxygens (including phenoxy) is 1. The van der Waals surface area contributed by atoms with E-state index in [0.717, 1.165) is 43.4 Å². The molecule has 27 heavy (non-hydrogen) atoms. The lowest BCUT2D eigenvalue weighted by atomic mass is 9.99. The molecule has 3 N–H and O–H groups in total. The van der Waals surface area contributed by atoms with Gasteiger partial charge in [0.25, 0.3) is 0 Å². The Balaban J connectivity index is 0.00000364. The molecule has 1 aromatic carbocycles. The molecule has 0 saturated carbocycles. The predicted octanol–water partition coefficient (Wildman–Crippen LogP) is 2.85. The van der Waals surface area contributed by atoms with Crippen LogP contribution in [-0.4, -0.2) is 62.8 Å². The number of benzene rings is 1. The van der Waals surface area contributed by atoms with Gasteiger partial charge in [-0.1, -0.05) is 13.0 Å². The molecule has 154 valence electrons. The Morgan fingerprint density at radius 1 is 1.26 bits per heavy atom. The summed E-state index contributed by atoms with van der Waals surface area (Å²) in [5.74, 6) is 2.63. The molecule has 1 heterocycles. The Morgan fingerprint density at radius 3 is 2.59 bits per heavy atom. The van der Waals surface area contributed by atoms with Crippen LogP contribution >= 0.6 is 24.0 Å². The van der Waals surface area contributed by atoms with Crippen LogP contribution in [0, 0.1) is 5.92 Å². The minimum Gasteiger partial charge on any atom is -0.508 e. The summed E-state index contributed by atoms with van der Waals surface area (Å²) in [6.07, 6.45) is 4.50. The van der Waals surface area contributed by atoms with Crippen LogP contribution in [0.4, 0.5) is 0 Å². The standard InChI is InChI=1S/C20H34N4O2.HI/c1-16-8-13-24(14-9-16)12-4-10-22-20(21-2)23-11-7-17-5-6-18(26-3)15-19(17)25;/h5-6,15-16,25H,4,7-14H2,1-3H3,(H2,21,22,23);1H. The first-order valence-corrected chi connectivity index (χ1v) is 9.65. The predicted molar refractivity (Wildman–Crippen MR) is 123 cm³/mol. The minimum absolute atomic E-state index is 0. The summed E-state index contributed by atoms with van der Waals surface area (Å²) in [5.41, 5.74) is 0.896. The number of aliphatic imine (C=N–C) groups is 1. The smallest absolute Gasteiger partial charge is 0.190 e. The van der Waals surface area contributed by atoms with Gasteiger partial charge in [-0.3, -0.25) is 4.99 Å². The topological polar surface area (TPSA) is 69.1 Å². The minimum atomic E-state index is 0. The molecule has 0 radical (unpaired) electrons. The van der Waals surface area contributed by atoms with Crippen LogP contribution in [0.1, 0.15) is 31.7 Å². The van der Waals surface area contributed by atoms with Crippen molar-refractivity contribution in [3.63, 3.8) is 0 Å². The van der Waals surface area contributed by atoms with E-state index < -0.39 is 0 Å². The van der Waals surface area contributed by atoms with Gasteiger partial charge < -0.3 is 25.4 Å². The molecule has 6 nitrogen and oxygen atoms in total. The first-order valence-electron chi connectivity index (χ1n) is 9.65. The molecule has 1 aliphatic heterocycles. The number of guanidine groups is 1. The number of nitrogens with one attached hydrogen (secondary N) is 2. The van der Waals surface area contributed by atoms with Gasteiger partial charge in [-0.25, -0.2) is 0 Å². The molecule has 1 aromatic rings. The average molecular weight is 490 g/mol. The molecule has 2 rings (SSSR count). The SMILES string of the molecule is CN=C(NCCCN1CCC(C)CC1)NCCc1ccc(OC)cc1O.I. The Morgan fingerprint density at radius 2 is 1.96 bits per heavy atom. The number of phenols is 1. The third-order valence-electron chi connectivity index (χ3n) is 5.02. The van der Waals surface area contributed by atoms with E-state index in [4.69, 9.17) is 4.74 Å². The van der Waals surface area contributed by atoms with Crippen molar-refractivity contribution < 1.29 is 9.84 Å². The van der Waals surface area contributed by atoms with Gasteiger partial charge in [0.15, 0.2) is 5.96 Å². The quantitative estimate of drug-likeness (QED) is 0.226. The van der Waals surface area contributed by atoms with E-state index in [-0.39, 0.29) is 29.7 Å². The largest absolute Gasteiger partial charge is 0.508 e. The number of hydrogen-bond donors (Lipinski definition) is 3. The summed E-state index contributed by atoms with van der Waals surface area (Å²) in [6.45, 7) is 7.60. The Hall–Kier alpha value is -1.22.